The summed E-state index contributed by atoms with van der Waals surface area (Å²) in [4.78, 5) is 9.89. The predicted molar refractivity (Wildman–Crippen MR) is 128 cm³/mol. The summed E-state index contributed by atoms with van der Waals surface area (Å²) in [6, 6.07) is 36.9. The molecule has 31 heavy (non-hydrogen) atoms. The maximum absolute atomic E-state index is 4.46. The number of nitrogens with one attached hydrogen (secondary N) is 2. The molecule has 150 valence electrons. The number of fused-ring (bicyclic) bond motifs is 1. The van der Waals surface area contributed by atoms with Gasteiger partial charge in [-0.05, 0) is 54.1 Å². The molecule has 2 N–H and O–H groups in total. The van der Waals surface area contributed by atoms with Gasteiger partial charge in [-0.3, -0.25) is 0 Å². The van der Waals surface area contributed by atoms with Crippen molar-refractivity contribution in [3.05, 3.63) is 115 Å². The molecule has 5 heteroatoms. The highest BCUT2D eigenvalue weighted by atomic mass is 15.3. The molecule has 0 saturated carbocycles. The quantitative estimate of drug-likeness (QED) is 0.252. The van der Waals surface area contributed by atoms with Gasteiger partial charge in [0.05, 0.1) is 17.2 Å². The lowest BCUT2D eigenvalue weighted by Gasteiger charge is -2.25. The van der Waals surface area contributed by atoms with E-state index in [1.807, 2.05) is 36.4 Å². The number of anilines is 4. The number of aromatic nitrogens is 2. The highest BCUT2D eigenvalue weighted by Crippen LogP contribution is 2.33. The zero-order chi connectivity index (χ0) is 20.9. The van der Waals surface area contributed by atoms with Crippen molar-refractivity contribution in [3.8, 4) is 0 Å². The van der Waals surface area contributed by atoms with Gasteiger partial charge in [0.15, 0.2) is 0 Å². The summed E-state index contributed by atoms with van der Waals surface area (Å²) in [7, 11) is 0. The fourth-order valence-corrected chi connectivity index (χ4v) is 3.48. The second-order valence-corrected chi connectivity index (χ2v) is 7.07. The van der Waals surface area contributed by atoms with Crippen molar-refractivity contribution in [2.45, 2.75) is 0 Å². The molecule has 0 bridgehead atoms. The van der Waals surface area contributed by atoms with Crippen LogP contribution in [0, 0.1) is 0 Å². The molecule has 0 amide bonds. The number of nitrogens with zero attached hydrogens (tertiary/aromatic N) is 3. The summed E-state index contributed by atoms with van der Waals surface area (Å²) in [5.74, 6) is 0.619. The number of rotatable bonds is 6. The van der Waals surface area contributed by atoms with E-state index in [-0.39, 0.29) is 0 Å². The molecule has 0 spiro atoms. The number of benzene rings is 4. The lowest BCUT2D eigenvalue weighted by molar-refractivity contribution is 1.21. The zero-order valence-corrected chi connectivity index (χ0v) is 16.8. The maximum atomic E-state index is 4.46. The first-order valence-electron chi connectivity index (χ1n) is 10.1. The third kappa shape index (κ3) is 4.16. The van der Waals surface area contributed by atoms with Gasteiger partial charge in [0, 0.05) is 17.1 Å². The van der Waals surface area contributed by atoms with E-state index in [9.17, 15) is 0 Å². The van der Waals surface area contributed by atoms with E-state index in [2.05, 4.69) is 98.2 Å². The first-order chi connectivity index (χ1) is 15.4. The highest BCUT2D eigenvalue weighted by Gasteiger charge is 2.11. The molecule has 0 unspecified atom stereocenters. The van der Waals surface area contributed by atoms with Gasteiger partial charge >= 0.3 is 0 Å². The van der Waals surface area contributed by atoms with Crippen molar-refractivity contribution in [1.29, 1.82) is 0 Å². The second-order valence-electron chi connectivity index (χ2n) is 7.07. The van der Waals surface area contributed by atoms with Crippen molar-refractivity contribution in [2.75, 3.05) is 10.3 Å². The van der Waals surface area contributed by atoms with Crippen molar-refractivity contribution in [1.82, 2.24) is 9.97 Å². The molecule has 0 aliphatic rings. The Morgan fingerprint density at radius 3 is 1.90 bits per heavy atom. The van der Waals surface area contributed by atoms with Crippen LogP contribution in [0.1, 0.15) is 5.56 Å². The van der Waals surface area contributed by atoms with Gasteiger partial charge in [-0.15, -0.1) is 0 Å². The van der Waals surface area contributed by atoms with Gasteiger partial charge in [-0.2, -0.15) is 5.10 Å². The standard InChI is InChI=1S/C26H21N5/c1-3-9-21(10-4-1)31(22-11-5-2-6-12-22)23-17-15-20(16-18-23)19-27-30-26-28-24-13-7-8-14-25(24)29-26/h1-19H,(H2,28,29,30)/b27-19-. The third-order valence-electron chi connectivity index (χ3n) is 4.95. The van der Waals surface area contributed by atoms with Crippen LogP contribution in [-0.4, -0.2) is 16.2 Å². The third-order valence-corrected chi connectivity index (χ3v) is 4.95. The monoisotopic (exact) mass is 403 g/mol. The summed E-state index contributed by atoms with van der Waals surface area (Å²) < 4.78 is 0. The molecule has 1 heterocycles. The molecule has 4 aromatic carbocycles. The van der Waals surface area contributed by atoms with Crippen LogP contribution in [0.15, 0.2) is 114 Å². The SMILES string of the molecule is C(=N/Nc1nc2ccccc2[nH]1)/c1ccc(N(c2ccccc2)c2ccccc2)cc1. The number of hydrogen-bond acceptors (Lipinski definition) is 4. The lowest BCUT2D eigenvalue weighted by atomic mass is 10.1. The highest BCUT2D eigenvalue weighted by molar-refractivity contribution is 5.83. The Morgan fingerprint density at radius 2 is 1.26 bits per heavy atom. The Labute approximate surface area is 180 Å². The Morgan fingerprint density at radius 1 is 0.677 bits per heavy atom. The molecule has 0 fully saturated rings. The molecular weight excluding hydrogens is 382 g/mol. The van der Waals surface area contributed by atoms with Crippen LogP contribution < -0.4 is 10.3 Å². The molecule has 5 aromatic rings. The largest absolute Gasteiger partial charge is 0.323 e. The van der Waals surface area contributed by atoms with E-state index in [0.29, 0.717) is 5.95 Å². The van der Waals surface area contributed by atoms with Crippen molar-refractivity contribution >= 4 is 40.3 Å². The molecule has 5 nitrogen and oxygen atoms in total. The Kier molecular flexibility index (Phi) is 5.14. The van der Waals surface area contributed by atoms with Crippen molar-refractivity contribution < 1.29 is 0 Å². The summed E-state index contributed by atoms with van der Waals surface area (Å²) in [5.41, 5.74) is 9.15. The van der Waals surface area contributed by atoms with Crippen LogP contribution in [-0.2, 0) is 0 Å². The summed E-state index contributed by atoms with van der Waals surface area (Å²) in [5, 5.41) is 4.32. The van der Waals surface area contributed by atoms with E-state index < -0.39 is 0 Å². The number of imidazole rings is 1. The number of aromatic amines is 1. The van der Waals surface area contributed by atoms with Gasteiger partial charge < -0.3 is 9.88 Å². The number of hydrogen-bond donors (Lipinski definition) is 2. The number of para-hydroxylation sites is 4. The minimum Gasteiger partial charge on any atom is -0.323 e. The van der Waals surface area contributed by atoms with E-state index in [1.54, 1.807) is 6.21 Å². The second kappa shape index (κ2) is 8.55. The van der Waals surface area contributed by atoms with E-state index >= 15 is 0 Å². The number of hydrazone groups is 1. The minimum absolute atomic E-state index is 0.619. The Hall–Kier alpha value is -4.38. The van der Waals surface area contributed by atoms with Crippen LogP contribution in [0.2, 0.25) is 0 Å². The Balaban J connectivity index is 1.36. The molecular formula is C26H21N5. The average molecular weight is 403 g/mol. The van der Waals surface area contributed by atoms with Crippen LogP contribution in [0.25, 0.3) is 11.0 Å². The van der Waals surface area contributed by atoms with Gasteiger partial charge in [-0.1, -0.05) is 60.7 Å². The molecule has 0 saturated heterocycles. The summed E-state index contributed by atoms with van der Waals surface area (Å²) >= 11 is 0. The van der Waals surface area contributed by atoms with Gasteiger partial charge in [0.1, 0.15) is 0 Å². The topological polar surface area (TPSA) is 56.3 Å². The molecule has 0 aliphatic heterocycles. The van der Waals surface area contributed by atoms with Crippen LogP contribution in [0.3, 0.4) is 0 Å². The van der Waals surface area contributed by atoms with Gasteiger partial charge in [0.25, 0.3) is 0 Å². The van der Waals surface area contributed by atoms with Crippen LogP contribution >= 0.6 is 0 Å². The minimum atomic E-state index is 0.619. The van der Waals surface area contributed by atoms with E-state index in [1.165, 1.54) is 0 Å². The fraction of sp³-hybridized carbons (Fsp3) is 0. The lowest BCUT2D eigenvalue weighted by Crippen LogP contribution is -2.09. The first-order valence-corrected chi connectivity index (χ1v) is 10.1. The molecule has 0 atom stereocenters. The number of H-pyrrole nitrogens is 1. The normalized spacial score (nSPS) is 11.1. The summed E-state index contributed by atoms with van der Waals surface area (Å²) in [6.45, 7) is 0. The van der Waals surface area contributed by atoms with E-state index in [0.717, 1.165) is 33.7 Å². The first kappa shape index (κ1) is 18.6. The van der Waals surface area contributed by atoms with Crippen LogP contribution in [0.5, 0.6) is 0 Å². The molecule has 5 rings (SSSR count). The van der Waals surface area contributed by atoms with Crippen molar-refractivity contribution in [2.24, 2.45) is 5.10 Å². The summed E-state index contributed by atoms with van der Waals surface area (Å²) in [6.07, 6.45) is 1.78. The van der Waals surface area contributed by atoms with Gasteiger partial charge in [0.2, 0.25) is 5.95 Å². The Bertz CT molecular complexity index is 1220. The van der Waals surface area contributed by atoms with Gasteiger partial charge in [-0.25, -0.2) is 10.4 Å². The molecule has 1 aromatic heterocycles. The molecule has 0 aliphatic carbocycles. The molecule has 0 radical (unpaired) electrons. The van der Waals surface area contributed by atoms with Crippen LogP contribution in [0.4, 0.5) is 23.0 Å². The van der Waals surface area contributed by atoms with Crippen molar-refractivity contribution in [3.63, 3.8) is 0 Å². The zero-order valence-electron chi connectivity index (χ0n) is 16.8. The predicted octanol–water partition coefficient (Wildman–Crippen LogP) is 6.48. The maximum Gasteiger partial charge on any atom is 0.222 e. The van der Waals surface area contributed by atoms with E-state index in [4.69, 9.17) is 0 Å². The smallest absolute Gasteiger partial charge is 0.222 e. The fourth-order valence-electron chi connectivity index (χ4n) is 3.48. The average Bonchev–Trinajstić information content (AvgIpc) is 3.25.